The number of nitrogens with one attached hydrogen (secondary N) is 1. The molecule has 0 saturated heterocycles. The van der Waals surface area contributed by atoms with Gasteiger partial charge in [0.05, 0.1) is 16.6 Å². The van der Waals surface area contributed by atoms with Gasteiger partial charge in [0.15, 0.2) is 0 Å². The molecular formula is C26H27N7O. The summed E-state index contributed by atoms with van der Waals surface area (Å²) >= 11 is 0. The van der Waals surface area contributed by atoms with Crippen LogP contribution in [0.5, 0.6) is 5.88 Å². The number of nitrogen functional groups attached to an aromatic ring is 2. The molecule has 8 heteroatoms. The molecule has 0 spiro atoms. The molecule has 34 heavy (non-hydrogen) atoms. The number of likely N-dealkylation sites (N-methyl/N-ethyl adjacent to an activating group) is 1. The van der Waals surface area contributed by atoms with E-state index in [9.17, 15) is 0 Å². The number of rotatable bonds is 2. The maximum absolute atomic E-state index is 6.52. The van der Waals surface area contributed by atoms with Gasteiger partial charge in [-0.05, 0) is 49.2 Å². The summed E-state index contributed by atoms with van der Waals surface area (Å²) in [7, 11) is 2.15. The fourth-order valence-electron chi connectivity index (χ4n) is 5.05. The van der Waals surface area contributed by atoms with Crippen molar-refractivity contribution in [3.05, 3.63) is 53.2 Å². The Labute approximate surface area is 198 Å². The number of nitrogens with zero attached hydrogens (tertiary/aromatic N) is 4. The number of fused-ring (bicyclic) bond motifs is 3. The average molecular weight is 454 g/mol. The summed E-state index contributed by atoms with van der Waals surface area (Å²) in [6.07, 6.45) is 2.88. The van der Waals surface area contributed by atoms with Crippen molar-refractivity contribution >= 4 is 28.2 Å². The largest absolute Gasteiger partial charge is 0.474 e. The van der Waals surface area contributed by atoms with E-state index in [-0.39, 0.29) is 5.95 Å². The van der Waals surface area contributed by atoms with Crippen LogP contribution in [-0.4, -0.2) is 46.6 Å². The minimum absolute atomic E-state index is 0.217. The second-order valence-electron chi connectivity index (χ2n) is 9.08. The fraction of sp³-hybridized carbons (Fsp3) is 0.269. The van der Waals surface area contributed by atoms with Crippen molar-refractivity contribution in [3.63, 3.8) is 0 Å². The van der Waals surface area contributed by atoms with Gasteiger partial charge < -0.3 is 26.4 Å². The molecule has 0 fully saturated rings. The molecule has 4 heterocycles. The number of hydrogen-bond donors (Lipinski definition) is 3. The predicted molar refractivity (Wildman–Crippen MR) is 136 cm³/mol. The number of nitrogens with two attached hydrogens (primary N) is 2. The van der Waals surface area contributed by atoms with Gasteiger partial charge >= 0.3 is 0 Å². The first-order valence-corrected chi connectivity index (χ1v) is 11.5. The molecule has 5 N–H and O–H groups in total. The summed E-state index contributed by atoms with van der Waals surface area (Å²) < 4.78 is 5.71. The number of benzene rings is 2. The van der Waals surface area contributed by atoms with Gasteiger partial charge in [-0.25, -0.2) is 15.0 Å². The van der Waals surface area contributed by atoms with Gasteiger partial charge in [-0.1, -0.05) is 18.2 Å². The van der Waals surface area contributed by atoms with Crippen LogP contribution >= 0.6 is 0 Å². The van der Waals surface area contributed by atoms with Gasteiger partial charge in [-0.2, -0.15) is 0 Å². The van der Waals surface area contributed by atoms with Crippen LogP contribution in [-0.2, 0) is 13.0 Å². The number of ether oxygens (including phenoxy) is 1. The Morgan fingerprint density at radius 1 is 1.06 bits per heavy atom. The van der Waals surface area contributed by atoms with Crippen molar-refractivity contribution in [3.8, 4) is 28.3 Å². The van der Waals surface area contributed by atoms with Crippen LogP contribution in [0, 0.1) is 6.92 Å². The molecule has 2 aliphatic rings. The second-order valence-corrected chi connectivity index (χ2v) is 9.08. The summed E-state index contributed by atoms with van der Waals surface area (Å²) in [6.45, 7) is 5.39. The summed E-state index contributed by atoms with van der Waals surface area (Å²) in [5.41, 5.74) is 22.4. The molecule has 0 unspecified atom stereocenters. The number of hydrogen-bond acceptors (Lipinski definition) is 8. The zero-order chi connectivity index (χ0) is 23.4. The van der Waals surface area contributed by atoms with Crippen molar-refractivity contribution in [1.29, 1.82) is 0 Å². The standard InChI is InChI=1S/C26H27N7O/c1-14-19(12-30-25-22(14)29-8-10-34-25)18-5-6-20(27)21-23(31-26(28)32-24(18)21)16-4-3-15-7-9-33(2)13-17(15)11-16/h3-6,11-12,29H,7-10,13,27H2,1-2H3,(H2,28,31,32). The molecule has 0 saturated carbocycles. The van der Waals surface area contributed by atoms with E-state index in [1.807, 2.05) is 18.3 Å². The highest BCUT2D eigenvalue weighted by atomic mass is 16.5. The smallest absolute Gasteiger partial charge is 0.237 e. The Kier molecular flexibility index (Phi) is 4.77. The lowest BCUT2D eigenvalue weighted by Crippen LogP contribution is -2.26. The third kappa shape index (κ3) is 3.30. The van der Waals surface area contributed by atoms with E-state index in [4.69, 9.17) is 16.2 Å². The highest BCUT2D eigenvalue weighted by Crippen LogP contribution is 2.41. The summed E-state index contributed by atoms with van der Waals surface area (Å²) in [6, 6.07) is 10.4. The summed E-state index contributed by atoms with van der Waals surface area (Å²) in [5, 5.41) is 4.21. The Hall–Kier alpha value is -3.91. The van der Waals surface area contributed by atoms with Crippen LogP contribution in [0.1, 0.15) is 16.7 Å². The molecule has 172 valence electrons. The Morgan fingerprint density at radius 3 is 2.82 bits per heavy atom. The van der Waals surface area contributed by atoms with Crippen molar-refractivity contribution in [1.82, 2.24) is 19.9 Å². The second kappa shape index (κ2) is 7.85. The van der Waals surface area contributed by atoms with Crippen LogP contribution < -0.4 is 21.5 Å². The molecule has 6 rings (SSSR count). The summed E-state index contributed by atoms with van der Waals surface area (Å²) in [5.74, 6) is 0.843. The topological polar surface area (TPSA) is 115 Å². The SMILES string of the molecule is Cc1c(-c2ccc(N)c3c(-c4ccc5c(c4)CN(C)CC5)nc(N)nc23)cnc2c1NCCO2. The molecule has 2 aliphatic heterocycles. The highest BCUT2D eigenvalue weighted by molar-refractivity contribution is 6.08. The molecule has 0 amide bonds. The minimum Gasteiger partial charge on any atom is -0.474 e. The van der Waals surface area contributed by atoms with Crippen molar-refractivity contribution < 1.29 is 4.74 Å². The third-order valence-electron chi connectivity index (χ3n) is 6.82. The van der Waals surface area contributed by atoms with Crippen LogP contribution in [0.4, 0.5) is 17.3 Å². The van der Waals surface area contributed by atoms with Gasteiger partial charge in [0.1, 0.15) is 12.3 Å². The van der Waals surface area contributed by atoms with Crippen LogP contribution in [0.2, 0.25) is 0 Å². The van der Waals surface area contributed by atoms with Gasteiger partial charge in [-0.3, -0.25) is 0 Å². The Morgan fingerprint density at radius 2 is 1.94 bits per heavy atom. The average Bonchev–Trinajstić information content (AvgIpc) is 2.84. The molecule has 2 aromatic carbocycles. The highest BCUT2D eigenvalue weighted by Gasteiger charge is 2.22. The molecule has 0 bridgehead atoms. The van der Waals surface area contributed by atoms with Gasteiger partial charge in [0.25, 0.3) is 0 Å². The first-order chi connectivity index (χ1) is 16.5. The first kappa shape index (κ1) is 20.7. The quantitative estimate of drug-likeness (QED) is 0.394. The van der Waals surface area contributed by atoms with Crippen molar-refractivity contribution in [2.75, 3.05) is 43.5 Å². The Bertz CT molecular complexity index is 1450. The lowest BCUT2D eigenvalue weighted by Gasteiger charge is -2.25. The normalized spacial score (nSPS) is 15.4. The fourth-order valence-corrected chi connectivity index (χ4v) is 5.05. The van der Waals surface area contributed by atoms with E-state index < -0.39 is 0 Å². The zero-order valence-corrected chi connectivity index (χ0v) is 19.4. The van der Waals surface area contributed by atoms with Gasteiger partial charge in [0.2, 0.25) is 11.8 Å². The molecule has 2 aromatic heterocycles. The molecule has 4 aromatic rings. The van der Waals surface area contributed by atoms with E-state index in [2.05, 4.69) is 57.3 Å². The van der Waals surface area contributed by atoms with E-state index in [0.29, 0.717) is 18.2 Å². The van der Waals surface area contributed by atoms with Crippen LogP contribution in [0.15, 0.2) is 36.5 Å². The number of pyridine rings is 1. The maximum atomic E-state index is 6.52. The molecular weight excluding hydrogens is 426 g/mol. The number of anilines is 3. The Balaban J connectivity index is 1.57. The predicted octanol–water partition coefficient (Wildman–Crippen LogP) is 3.62. The molecule has 0 aliphatic carbocycles. The van der Waals surface area contributed by atoms with Crippen molar-refractivity contribution in [2.24, 2.45) is 0 Å². The van der Waals surface area contributed by atoms with Crippen LogP contribution in [0.3, 0.4) is 0 Å². The maximum Gasteiger partial charge on any atom is 0.237 e. The van der Waals surface area contributed by atoms with E-state index in [1.54, 1.807) is 0 Å². The van der Waals surface area contributed by atoms with E-state index in [1.165, 1.54) is 11.1 Å². The van der Waals surface area contributed by atoms with Gasteiger partial charge in [0, 0.05) is 48.2 Å². The molecule has 0 radical (unpaired) electrons. The third-order valence-corrected chi connectivity index (χ3v) is 6.82. The monoisotopic (exact) mass is 453 g/mol. The van der Waals surface area contributed by atoms with E-state index in [0.717, 1.165) is 70.6 Å². The summed E-state index contributed by atoms with van der Waals surface area (Å²) in [4.78, 5) is 16.2. The van der Waals surface area contributed by atoms with Crippen LogP contribution in [0.25, 0.3) is 33.3 Å². The lowest BCUT2D eigenvalue weighted by atomic mass is 9.93. The van der Waals surface area contributed by atoms with E-state index >= 15 is 0 Å². The zero-order valence-electron chi connectivity index (χ0n) is 19.4. The van der Waals surface area contributed by atoms with Crippen molar-refractivity contribution in [2.45, 2.75) is 19.9 Å². The minimum atomic E-state index is 0.217. The molecule has 8 nitrogen and oxygen atoms in total. The molecule has 0 atom stereocenters. The van der Waals surface area contributed by atoms with Gasteiger partial charge in [-0.15, -0.1) is 0 Å². The lowest BCUT2D eigenvalue weighted by molar-refractivity contribution is 0.310. The number of aromatic nitrogens is 3. The first-order valence-electron chi connectivity index (χ1n) is 11.5.